The molecule has 4 aromatic rings. The zero-order valence-electron chi connectivity index (χ0n) is 16.9. The molecule has 1 amide bonds. The highest BCUT2D eigenvalue weighted by Crippen LogP contribution is 2.21. The van der Waals surface area contributed by atoms with Gasteiger partial charge in [0, 0.05) is 11.6 Å². The molecule has 0 saturated heterocycles. The summed E-state index contributed by atoms with van der Waals surface area (Å²) in [6, 6.07) is 19.3. The third-order valence-corrected chi connectivity index (χ3v) is 6.49. The van der Waals surface area contributed by atoms with Crippen molar-refractivity contribution >= 4 is 21.6 Å². The van der Waals surface area contributed by atoms with Crippen LogP contribution < -0.4 is 5.32 Å². The van der Waals surface area contributed by atoms with Crippen LogP contribution in [0.25, 0.3) is 0 Å². The third kappa shape index (κ3) is 4.75. The van der Waals surface area contributed by atoms with Gasteiger partial charge in [-0.15, -0.1) is 0 Å². The first-order valence-corrected chi connectivity index (χ1v) is 11.3. The van der Waals surface area contributed by atoms with Gasteiger partial charge < -0.3 is 9.73 Å². The average Bonchev–Trinajstić information content (AvgIpc) is 3.39. The largest absolute Gasteiger partial charge is 0.459 e. The molecule has 158 valence electrons. The SMILES string of the molecule is Cc1ccc(Cn2nccc2NC(=O)c2occc2CS(=O)(=O)c2ccccc2)cc1. The molecule has 0 bridgehead atoms. The van der Waals surface area contributed by atoms with E-state index < -0.39 is 15.7 Å². The Kier molecular flexibility index (Phi) is 5.73. The minimum atomic E-state index is -3.61. The normalized spacial score (nSPS) is 11.4. The quantitative estimate of drug-likeness (QED) is 0.472. The van der Waals surface area contributed by atoms with Crippen molar-refractivity contribution in [2.24, 2.45) is 0 Å². The molecule has 2 heterocycles. The molecule has 0 aliphatic carbocycles. The number of furan rings is 1. The van der Waals surface area contributed by atoms with E-state index in [-0.39, 0.29) is 16.4 Å². The van der Waals surface area contributed by atoms with Crippen LogP contribution in [-0.4, -0.2) is 24.1 Å². The number of nitrogens with one attached hydrogen (secondary N) is 1. The van der Waals surface area contributed by atoms with Gasteiger partial charge in [0.2, 0.25) is 0 Å². The van der Waals surface area contributed by atoms with Crippen molar-refractivity contribution in [3.63, 3.8) is 0 Å². The number of aryl methyl sites for hydroxylation is 1. The standard InChI is InChI=1S/C23H21N3O4S/c1-17-7-9-18(10-8-17)15-26-21(11-13-24-26)25-23(27)22-19(12-14-30-22)16-31(28,29)20-5-3-2-4-6-20/h2-14H,15-16H2,1H3,(H,25,27). The summed E-state index contributed by atoms with van der Waals surface area (Å²) in [5.74, 6) is -0.422. The van der Waals surface area contributed by atoms with E-state index >= 15 is 0 Å². The van der Waals surface area contributed by atoms with E-state index in [1.54, 1.807) is 35.1 Å². The van der Waals surface area contributed by atoms with Crippen molar-refractivity contribution < 1.29 is 17.6 Å². The maximum atomic E-state index is 12.8. The Bertz CT molecular complexity index is 1290. The van der Waals surface area contributed by atoms with Gasteiger partial charge in [0.15, 0.2) is 15.6 Å². The Morgan fingerprint density at radius 3 is 2.52 bits per heavy atom. The van der Waals surface area contributed by atoms with Gasteiger partial charge in [-0.3, -0.25) is 4.79 Å². The Hall–Kier alpha value is -3.65. The van der Waals surface area contributed by atoms with Gasteiger partial charge in [-0.25, -0.2) is 13.1 Å². The number of sulfone groups is 1. The van der Waals surface area contributed by atoms with Crippen LogP contribution in [0.3, 0.4) is 0 Å². The van der Waals surface area contributed by atoms with Gasteiger partial charge >= 0.3 is 0 Å². The fraction of sp³-hybridized carbons (Fsp3) is 0.130. The number of benzene rings is 2. The van der Waals surface area contributed by atoms with E-state index in [0.29, 0.717) is 17.9 Å². The molecule has 2 aromatic heterocycles. The first-order valence-electron chi connectivity index (χ1n) is 9.65. The zero-order valence-corrected chi connectivity index (χ0v) is 17.7. The number of carbonyl (C=O) groups excluding carboxylic acids is 1. The molecule has 0 aliphatic rings. The van der Waals surface area contributed by atoms with Crippen LogP contribution in [0, 0.1) is 6.92 Å². The van der Waals surface area contributed by atoms with Crippen LogP contribution in [0.5, 0.6) is 0 Å². The first kappa shape index (κ1) is 20.6. The molecule has 8 heteroatoms. The molecule has 31 heavy (non-hydrogen) atoms. The van der Waals surface area contributed by atoms with Crippen LogP contribution in [0.2, 0.25) is 0 Å². The minimum Gasteiger partial charge on any atom is -0.459 e. The molecule has 7 nitrogen and oxygen atoms in total. The lowest BCUT2D eigenvalue weighted by Gasteiger charge is -2.10. The molecule has 2 aromatic carbocycles. The molecule has 0 atom stereocenters. The summed E-state index contributed by atoms with van der Waals surface area (Å²) in [4.78, 5) is 13.0. The fourth-order valence-electron chi connectivity index (χ4n) is 3.17. The van der Waals surface area contributed by atoms with Crippen LogP contribution in [0.4, 0.5) is 5.82 Å². The highest BCUT2D eigenvalue weighted by Gasteiger charge is 2.23. The second-order valence-electron chi connectivity index (χ2n) is 7.16. The van der Waals surface area contributed by atoms with Crippen LogP contribution in [0.1, 0.15) is 27.2 Å². The highest BCUT2D eigenvalue weighted by molar-refractivity contribution is 7.90. The average molecular weight is 436 g/mol. The monoisotopic (exact) mass is 435 g/mol. The predicted octanol–water partition coefficient (Wildman–Crippen LogP) is 4.06. The van der Waals surface area contributed by atoms with E-state index in [2.05, 4.69) is 10.4 Å². The van der Waals surface area contributed by atoms with E-state index in [0.717, 1.165) is 11.1 Å². The molecule has 4 rings (SSSR count). The number of rotatable bonds is 7. The number of nitrogens with zero attached hydrogens (tertiary/aromatic N) is 2. The second kappa shape index (κ2) is 8.61. The molecule has 0 fully saturated rings. The molecule has 0 unspecified atom stereocenters. The number of amides is 1. The van der Waals surface area contributed by atoms with Gasteiger partial charge in [-0.1, -0.05) is 48.0 Å². The smallest absolute Gasteiger partial charge is 0.292 e. The summed E-state index contributed by atoms with van der Waals surface area (Å²) in [7, 11) is -3.61. The highest BCUT2D eigenvalue weighted by atomic mass is 32.2. The minimum absolute atomic E-state index is 0.0393. The van der Waals surface area contributed by atoms with Gasteiger partial charge in [-0.05, 0) is 30.7 Å². The lowest BCUT2D eigenvalue weighted by molar-refractivity contribution is 0.0994. The van der Waals surface area contributed by atoms with Crippen LogP contribution in [0.15, 0.2) is 88.5 Å². The Balaban J connectivity index is 1.51. The number of carbonyl (C=O) groups is 1. The number of hydrogen-bond acceptors (Lipinski definition) is 5. The first-order chi connectivity index (χ1) is 14.9. The molecule has 1 N–H and O–H groups in total. The maximum absolute atomic E-state index is 12.8. The Morgan fingerprint density at radius 1 is 1.03 bits per heavy atom. The summed E-state index contributed by atoms with van der Waals surface area (Å²) >= 11 is 0. The van der Waals surface area contributed by atoms with Crippen molar-refractivity contribution in [3.8, 4) is 0 Å². The van der Waals surface area contributed by atoms with E-state index in [9.17, 15) is 13.2 Å². The zero-order chi connectivity index (χ0) is 21.8. The summed E-state index contributed by atoms with van der Waals surface area (Å²) in [6.45, 7) is 2.50. The number of anilines is 1. The lowest BCUT2D eigenvalue weighted by atomic mass is 10.1. The van der Waals surface area contributed by atoms with Crippen molar-refractivity contribution in [2.75, 3.05) is 5.32 Å². The molecule has 0 spiro atoms. The fourth-order valence-corrected chi connectivity index (χ4v) is 4.54. The van der Waals surface area contributed by atoms with Gasteiger partial charge in [0.05, 0.1) is 29.7 Å². The van der Waals surface area contributed by atoms with E-state index in [1.807, 2.05) is 31.2 Å². The number of hydrogen-bond donors (Lipinski definition) is 1. The molecule has 0 radical (unpaired) electrons. The van der Waals surface area contributed by atoms with Gasteiger partial charge in [0.1, 0.15) is 5.82 Å². The van der Waals surface area contributed by atoms with Crippen molar-refractivity contribution in [1.29, 1.82) is 0 Å². The van der Waals surface area contributed by atoms with Crippen molar-refractivity contribution in [2.45, 2.75) is 24.1 Å². The third-order valence-electron chi connectivity index (χ3n) is 4.81. The lowest BCUT2D eigenvalue weighted by Crippen LogP contribution is -2.18. The van der Waals surface area contributed by atoms with Gasteiger partial charge in [-0.2, -0.15) is 5.10 Å². The Morgan fingerprint density at radius 2 is 1.77 bits per heavy atom. The molecule has 0 aliphatic heterocycles. The van der Waals surface area contributed by atoms with Crippen LogP contribution >= 0.6 is 0 Å². The van der Waals surface area contributed by atoms with E-state index in [4.69, 9.17) is 4.42 Å². The summed E-state index contributed by atoms with van der Waals surface area (Å²) < 4.78 is 32.4. The second-order valence-corrected chi connectivity index (χ2v) is 9.15. The molecule has 0 saturated carbocycles. The summed E-state index contributed by atoms with van der Waals surface area (Å²) in [5.41, 5.74) is 2.50. The van der Waals surface area contributed by atoms with Crippen LogP contribution in [-0.2, 0) is 22.1 Å². The topological polar surface area (TPSA) is 94.2 Å². The molecular formula is C23H21N3O4S. The summed E-state index contributed by atoms with van der Waals surface area (Å²) in [6.07, 6.45) is 2.90. The Labute approximate surface area is 180 Å². The number of aromatic nitrogens is 2. The van der Waals surface area contributed by atoms with Gasteiger partial charge in [0.25, 0.3) is 5.91 Å². The predicted molar refractivity (Wildman–Crippen MR) is 117 cm³/mol. The van der Waals surface area contributed by atoms with E-state index in [1.165, 1.54) is 24.5 Å². The van der Waals surface area contributed by atoms with Crippen molar-refractivity contribution in [3.05, 3.63) is 102 Å². The maximum Gasteiger partial charge on any atom is 0.292 e. The molecular weight excluding hydrogens is 414 g/mol. The van der Waals surface area contributed by atoms with Crippen molar-refractivity contribution in [1.82, 2.24) is 9.78 Å². The summed E-state index contributed by atoms with van der Waals surface area (Å²) in [5, 5.41) is 7.03.